The number of benzene rings is 1. The van der Waals surface area contributed by atoms with Crippen LogP contribution in [-0.2, 0) is 16.1 Å². The maximum atomic E-state index is 13.9. The average Bonchev–Trinajstić information content (AvgIpc) is 2.45. The van der Waals surface area contributed by atoms with Crippen molar-refractivity contribution >= 4 is 33.8 Å². The van der Waals surface area contributed by atoms with Crippen molar-refractivity contribution in [3.8, 4) is 0 Å². The van der Waals surface area contributed by atoms with Crippen LogP contribution in [0, 0.1) is 5.82 Å². The van der Waals surface area contributed by atoms with Gasteiger partial charge in [-0.1, -0.05) is 28.9 Å². The van der Waals surface area contributed by atoms with Gasteiger partial charge in [-0.25, -0.2) is 9.18 Å². The molecule has 1 atom stereocenters. The zero-order chi connectivity index (χ0) is 14.9. The molecule has 1 unspecified atom stereocenters. The number of nitrogens with one attached hydrogen (secondary N) is 1. The predicted molar refractivity (Wildman–Crippen MR) is 76.1 cm³/mol. The molecule has 0 amide bonds. The number of aldehydes is 1. The Morgan fingerprint density at radius 3 is 2.85 bits per heavy atom. The zero-order valence-electron chi connectivity index (χ0n) is 10.7. The smallest absolute Gasteiger partial charge is 0.338 e. The van der Waals surface area contributed by atoms with E-state index in [4.69, 9.17) is 0 Å². The molecule has 106 valence electrons. The third-order valence-electron chi connectivity index (χ3n) is 3.36. The van der Waals surface area contributed by atoms with E-state index >= 15 is 0 Å². The Balaban J connectivity index is 2.79. The van der Waals surface area contributed by atoms with Crippen LogP contribution in [0.2, 0.25) is 0 Å². The number of fused-ring (bicyclic) bond motifs is 1. The Morgan fingerprint density at radius 2 is 2.30 bits per heavy atom. The topological polar surface area (TPSA) is 66.4 Å². The van der Waals surface area contributed by atoms with Gasteiger partial charge in [-0.05, 0) is 11.6 Å². The Bertz CT molecular complexity index is 613. The van der Waals surface area contributed by atoms with Gasteiger partial charge in [0.15, 0.2) is 0 Å². The number of alkyl halides is 1. The van der Waals surface area contributed by atoms with E-state index in [1.807, 2.05) is 0 Å². The number of carboxylic acids is 1. The standard InChI is InChI=1S/C14H13BrFNO3/c1-7(6-18)8-2-3-10(16)9-5-17-11(4-15)13(12(8)9)14(19)20/h2-3,6-7,17H,4-5H2,1H3,(H,19,20). The third-order valence-corrected chi connectivity index (χ3v) is 3.92. The average molecular weight is 342 g/mol. The molecule has 20 heavy (non-hydrogen) atoms. The number of aliphatic carboxylic acids is 1. The van der Waals surface area contributed by atoms with Crippen LogP contribution < -0.4 is 5.32 Å². The molecule has 1 aromatic rings. The molecule has 0 radical (unpaired) electrons. The largest absolute Gasteiger partial charge is 0.478 e. The fourth-order valence-corrected chi connectivity index (χ4v) is 2.82. The lowest BCUT2D eigenvalue weighted by atomic mass is 9.85. The van der Waals surface area contributed by atoms with Gasteiger partial charge >= 0.3 is 5.97 Å². The second kappa shape index (κ2) is 5.75. The summed E-state index contributed by atoms with van der Waals surface area (Å²) in [4.78, 5) is 22.6. The molecule has 1 heterocycles. The van der Waals surface area contributed by atoms with Crippen LogP contribution in [0.3, 0.4) is 0 Å². The van der Waals surface area contributed by atoms with Gasteiger partial charge in [-0.15, -0.1) is 0 Å². The van der Waals surface area contributed by atoms with E-state index in [2.05, 4.69) is 21.2 Å². The highest BCUT2D eigenvalue weighted by Gasteiger charge is 2.29. The van der Waals surface area contributed by atoms with Crippen molar-refractivity contribution in [2.45, 2.75) is 19.4 Å². The molecule has 0 spiro atoms. The van der Waals surface area contributed by atoms with Crippen LogP contribution in [0.15, 0.2) is 17.8 Å². The molecular weight excluding hydrogens is 329 g/mol. The second-order valence-electron chi connectivity index (χ2n) is 4.56. The molecule has 1 aromatic carbocycles. The normalized spacial score (nSPS) is 15.3. The van der Waals surface area contributed by atoms with Crippen molar-refractivity contribution in [1.29, 1.82) is 0 Å². The lowest BCUT2D eigenvalue weighted by Gasteiger charge is -2.25. The summed E-state index contributed by atoms with van der Waals surface area (Å²) in [5.74, 6) is -2.10. The molecular formula is C14H13BrFNO3. The molecule has 2 N–H and O–H groups in total. The van der Waals surface area contributed by atoms with E-state index in [0.717, 1.165) is 6.29 Å². The number of carbonyl (C=O) groups is 2. The van der Waals surface area contributed by atoms with Crippen LogP contribution >= 0.6 is 15.9 Å². The first-order valence-electron chi connectivity index (χ1n) is 6.04. The van der Waals surface area contributed by atoms with Crippen LogP contribution in [0.1, 0.15) is 29.5 Å². The summed E-state index contributed by atoms with van der Waals surface area (Å²) in [5, 5.41) is 12.7. The molecule has 2 rings (SSSR count). The molecule has 1 aliphatic heterocycles. The summed E-state index contributed by atoms with van der Waals surface area (Å²) in [6.07, 6.45) is 0.725. The third kappa shape index (κ3) is 2.35. The van der Waals surface area contributed by atoms with Gasteiger partial charge in [-0.2, -0.15) is 0 Å². The van der Waals surface area contributed by atoms with Gasteiger partial charge < -0.3 is 15.2 Å². The maximum absolute atomic E-state index is 13.9. The molecule has 0 aromatic heterocycles. The van der Waals surface area contributed by atoms with Crippen molar-refractivity contribution in [1.82, 2.24) is 5.32 Å². The summed E-state index contributed by atoms with van der Waals surface area (Å²) < 4.78 is 13.9. The molecule has 6 heteroatoms. The van der Waals surface area contributed by atoms with Crippen molar-refractivity contribution in [3.63, 3.8) is 0 Å². The Hall–Kier alpha value is -1.69. The maximum Gasteiger partial charge on any atom is 0.338 e. The minimum Gasteiger partial charge on any atom is -0.478 e. The van der Waals surface area contributed by atoms with Crippen molar-refractivity contribution in [3.05, 3.63) is 40.3 Å². The quantitative estimate of drug-likeness (QED) is 0.652. The first kappa shape index (κ1) is 14.7. The Kier molecular flexibility index (Phi) is 4.23. The SMILES string of the molecule is CC(C=O)c1ccc(F)c2c1C(C(=O)O)=C(CBr)NC2. The molecule has 4 nitrogen and oxygen atoms in total. The van der Waals surface area contributed by atoms with Crippen LogP contribution in [0.25, 0.3) is 5.57 Å². The number of hydrogen-bond donors (Lipinski definition) is 2. The van der Waals surface area contributed by atoms with Crippen LogP contribution in [-0.4, -0.2) is 22.7 Å². The van der Waals surface area contributed by atoms with Crippen molar-refractivity contribution in [2.24, 2.45) is 0 Å². The fourth-order valence-electron chi connectivity index (χ4n) is 2.35. The highest BCUT2D eigenvalue weighted by atomic mass is 79.9. The highest BCUT2D eigenvalue weighted by molar-refractivity contribution is 9.09. The predicted octanol–water partition coefficient (Wildman–Crippen LogP) is 2.42. The van der Waals surface area contributed by atoms with E-state index in [-0.39, 0.29) is 12.1 Å². The number of carbonyl (C=O) groups excluding carboxylic acids is 1. The molecule has 0 saturated heterocycles. The van der Waals surface area contributed by atoms with Crippen molar-refractivity contribution in [2.75, 3.05) is 5.33 Å². The van der Waals surface area contributed by atoms with Crippen molar-refractivity contribution < 1.29 is 19.1 Å². The molecule has 0 bridgehead atoms. The van der Waals surface area contributed by atoms with Gasteiger partial charge in [0.05, 0.1) is 5.57 Å². The summed E-state index contributed by atoms with van der Waals surface area (Å²) >= 11 is 3.22. The zero-order valence-corrected chi connectivity index (χ0v) is 12.3. The minimum absolute atomic E-state index is 0.0197. The minimum atomic E-state index is -1.14. The molecule has 0 fully saturated rings. The van der Waals surface area contributed by atoms with Crippen LogP contribution in [0.4, 0.5) is 4.39 Å². The first-order chi connectivity index (χ1) is 9.51. The monoisotopic (exact) mass is 341 g/mol. The summed E-state index contributed by atoms with van der Waals surface area (Å²) in [7, 11) is 0. The van der Waals surface area contributed by atoms with E-state index in [9.17, 15) is 19.1 Å². The van der Waals surface area contributed by atoms with Gasteiger partial charge in [0.2, 0.25) is 0 Å². The van der Waals surface area contributed by atoms with E-state index < -0.39 is 17.7 Å². The number of rotatable bonds is 4. The van der Waals surface area contributed by atoms with Gasteiger partial charge in [0, 0.05) is 34.6 Å². The Labute approximate surface area is 123 Å². The molecule has 1 aliphatic rings. The van der Waals surface area contributed by atoms with Gasteiger partial charge in [0.1, 0.15) is 12.1 Å². The van der Waals surface area contributed by atoms with Gasteiger partial charge in [-0.3, -0.25) is 0 Å². The number of hydrogen-bond acceptors (Lipinski definition) is 3. The van der Waals surface area contributed by atoms with E-state index in [1.54, 1.807) is 6.92 Å². The van der Waals surface area contributed by atoms with E-state index in [1.165, 1.54) is 12.1 Å². The molecule has 0 aliphatic carbocycles. The number of allylic oxidation sites excluding steroid dienone is 1. The number of halogens is 2. The van der Waals surface area contributed by atoms with Gasteiger partial charge in [0.25, 0.3) is 0 Å². The lowest BCUT2D eigenvalue weighted by Crippen LogP contribution is -2.27. The second-order valence-corrected chi connectivity index (χ2v) is 5.12. The molecule has 0 saturated carbocycles. The highest BCUT2D eigenvalue weighted by Crippen LogP contribution is 2.35. The Morgan fingerprint density at radius 1 is 1.60 bits per heavy atom. The fraction of sp³-hybridized carbons (Fsp3) is 0.286. The summed E-state index contributed by atoms with van der Waals surface area (Å²) in [5.41, 5.74) is 1.65. The number of carboxylic acid groups (broad SMARTS) is 1. The lowest BCUT2D eigenvalue weighted by molar-refractivity contribution is -0.130. The first-order valence-corrected chi connectivity index (χ1v) is 7.16. The van der Waals surface area contributed by atoms with E-state index in [0.29, 0.717) is 27.7 Å². The summed E-state index contributed by atoms with van der Waals surface area (Å²) in [6, 6.07) is 2.75. The summed E-state index contributed by atoms with van der Waals surface area (Å²) in [6.45, 7) is 1.87. The van der Waals surface area contributed by atoms with Crippen LogP contribution in [0.5, 0.6) is 0 Å².